The van der Waals surface area contributed by atoms with Crippen LogP contribution in [0.25, 0.3) is 0 Å². The van der Waals surface area contributed by atoms with E-state index in [2.05, 4.69) is 86.8 Å². The van der Waals surface area contributed by atoms with Crippen molar-refractivity contribution in [2.24, 2.45) is 0 Å². The van der Waals surface area contributed by atoms with Crippen LogP contribution in [0.15, 0.2) is 54.6 Å². The minimum absolute atomic E-state index is 0.0899. The van der Waals surface area contributed by atoms with Crippen molar-refractivity contribution < 1.29 is 0 Å². The average molecular weight is 431 g/mol. The van der Waals surface area contributed by atoms with Crippen LogP contribution in [-0.2, 0) is 13.0 Å². The van der Waals surface area contributed by atoms with Crippen molar-refractivity contribution >= 4 is 0 Å². The molecule has 2 heterocycles. The van der Waals surface area contributed by atoms with E-state index in [4.69, 9.17) is 0 Å². The lowest BCUT2D eigenvalue weighted by Crippen LogP contribution is -2.51. The third kappa shape index (κ3) is 4.76. The lowest BCUT2D eigenvalue weighted by Gasteiger charge is -2.41. The van der Waals surface area contributed by atoms with E-state index < -0.39 is 0 Å². The molecular weight excluding hydrogens is 396 g/mol. The molecule has 0 amide bonds. The number of hydrogen-bond acceptors (Lipinski definition) is 5. The van der Waals surface area contributed by atoms with E-state index in [1.165, 1.54) is 42.4 Å². The molecule has 1 unspecified atom stereocenters. The normalized spacial score (nSPS) is 19.4. The van der Waals surface area contributed by atoms with Crippen molar-refractivity contribution in [3.05, 3.63) is 77.1 Å². The Hall–Kier alpha value is -2.57. The fraction of sp³-hybridized carbons (Fsp3) is 0.500. The third-order valence-corrected chi connectivity index (χ3v) is 7.21. The molecule has 0 radical (unpaired) electrons. The van der Waals surface area contributed by atoms with Gasteiger partial charge in [-0.05, 0) is 47.7 Å². The maximum atomic E-state index is 4.55. The zero-order valence-electron chi connectivity index (χ0n) is 19.1. The third-order valence-electron chi connectivity index (χ3n) is 7.21. The van der Waals surface area contributed by atoms with Crippen LogP contribution in [0, 0.1) is 6.92 Å². The van der Waals surface area contributed by atoms with Gasteiger partial charge in [-0.2, -0.15) is 0 Å². The number of aryl methyl sites for hydroxylation is 3. The van der Waals surface area contributed by atoms with Crippen LogP contribution in [0.3, 0.4) is 0 Å². The molecule has 0 N–H and O–H groups in total. The molecule has 1 saturated heterocycles. The molecule has 3 aromatic rings. The van der Waals surface area contributed by atoms with Crippen LogP contribution in [0.1, 0.15) is 54.2 Å². The van der Waals surface area contributed by atoms with Gasteiger partial charge in [-0.25, -0.2) is 4.68 Å². The maximum absolute atomic E-state index is 4.55. The van der Waals surface area contributed by atoms with Gasteiger partial charge < -0.3 is 0 Å². The maximum Gasteiger partial charge on any atom is 0.173 e. The fourth-order valence-corrected chi connectivity index (χ4v) is 5.35. The molecule has 6 heteroatoms. The molecule has 0 spiro atoms. The predicted octanol–water partition coefficient (Wildman–Crippen LogP) is 3.87. The van der Waals surface area contributed by atoms with Gasteiger partial charge in [0, 0.05) is 38.8 Å². The number of benzene rings is 2. The summed E-state index contributed by atoms with van der Waals surface area (Å²) in [6.45, 7) is 7.32. The van der Waals surface area contributed by atoms with Crippen molar-refractivity contribution in [1.29, 1.82) is 0 Å². The van der Waals surface area contributed by atoms with Crippen LogP contribution in [0.5, 0.6) is 0 Å². The Balaban J connectivity index is 1.36. The van der Waals surface area contributed by atoms with Gasteiger partial charge in [0.2, 0.25) is 0 Å². The summed E-state index contributed by atoms with van der Waals surface area (Å²) in [5, 5.41) is 13.0. The summed E-state index contributed by atoms with van der Waals surface area (Å²) in [4.78, 5) is 5.30. The average Bonchev–Trinajstić information content (AvgIpc) is 3.53. The summed E-state index contributed by atoms with van der Waals surface area (Å²) in [6, 6.07) is 20.4. The second-order valence-electron chi connectivity index (χ2n) is 9.32. The van der Waals surface area contributed by atoms with Gasteiger partial charge in [-0.1, -0.05) is 73.0 Å². The van der Waals surface area contributed by atoms with E-state index in [1.807, 2.05) is 4.68 Å². The molecule has 1 saturated carbocycles. The Bertz CT molecular complexity index is 969. The Morgan fingerprint density at radius 2 is 1.62 bits per heavy atom. The number of nitrogens with zero attached hydrogens (tertiary/aromatic N) is 6. The summed E-state index contributed by atoms with van der Waals surface area (Å²) in [5.74, 6) is 0.958. The molecule has 2 aliphatic rings. The summed E-state index contributed by atoms with van der Waals surface area (Å²) in [6.07, 6.45) is 6.47. The van der Waals surface area contributed by atoms with Gasteiger partial charge in [-0.15, -0.1) is 5.10 Å². The minimum Gasteiger partial charge on any atom is -0.298 e. The highest BCUT2D eigenvalue weighted by atomic mass is 15.6. The minimum atomic E-state index is 0.0899. The Morgan fingerprint density at radius 3 is 2.34 bits per heavy atom. The topological polar surface area (TPSA) is 50.1 Å². The van der Waals surface area contributed by atoms with Crippen LogP contribution in [0.4, 0.5) is 0 Å². The first-order valence-electron chi connectivity index (χ1n) is 12.1. The van der Waals surface area contributed by atoms with E-state index in [9.17, 15) is 0 Å². The SMILES string of the molecule is Cc1ccc(C(c2nnnn2CCc2ccccc2)N2CCN(C3CCCC3)CC2)cc1. The van der Waals surface area contributed by atoms with Crippen molar-refractivity contribution in [2.45, 2.75) is 57.7 Å². The standard InChI is InChI=1S/C26H34N6/c1-21-11-13-23(14-12-21)25(31-19-17-30(18-20-31)24-9-5-6-10-24)26-27-28-29-32(26)16-15-22-7-3-2-4-8-22/h2-4,7-8,11-14,24-25H,5-6,9-10,15-20H2,1H3. The van der Waals surface area contributed by atoms with Crippen LogP contribution in [-0.4, -0.2) is 62.2 Å². The summed E-state index contributed by atoms with van der Waals surface area (Å²) < 4.78 is 2.01. The highest BCUT2D eigenvalue weighted by Crippen LogP contribution is 2.30. The van der Waals surface area contributed by atoms with Gasteiger partial charge in [-0.3, -0.25) is 9.80 Å². The van der Waals surface area contributed by atoms with E-state index in [-0.39, 0.29) is 6.04 Å². The van der Waals surface area contributed by atoms with E-state index in [0.717, 1.165) is 51.0 Å². The zero-order valence-corrected chi connectivity index (χ0v) is 19.1. The lowest BCUT2D eigenvalue weighted by molar-refractivity contribution is 0.0770. The molecule has 2 aromatic carbocycles. The number of aromatic nitrogens is 4. The van der Waals surface area contributed by atoms with Gasteiger partial charge in [0.15, 0.2) is 5.82 Å². The molecule has 1 aliphatic carbocycles. The van der Waals surface area contributed by atoms with Crippen LogP contribution in [0.2, 0.25) is 0 Å². The van der Waals surface area contributed by atoms with E-state index in [1.54, 1.807) is 0 Å². The Morgan fingerprint density at radius 1 is 0.906 bits per heavy atom. The smallest absolute Gasteiger partial charge is 0.173 e. The Labute approximate surface area is 191 Å². The van der Waals surface area contributed by atoms with Gasteiger partial charge >= 0.3 is 0 Å². The first kappa shape index (κ1) is 21.3. The van der Waals surface area contributed by atoms with Crippen molar-refractivity contribution in [3.63, 3.8) is 0 Å². The highest BCUT2D eigenvalue weighted by Gasteiger charge is 2.33. The van der Waals surface area contributed by atoms with Crippen molar-refractivity contribution in [2.75, 3.05) is 26.2 Å². The number of piperazine rings is 1. The highest BCUT2D eigenvalue weighted by molar-refractivity contribution is 5.28. The molecule has 1 aromatic heterocycles. The Kier molecular flexibility index (Phi) is 6.60. The summed E-state index contributed by atoms with van der Waals surface area (Å²) in [5.41, 5.74) is 3.87. The van der Waals surface area contributed by atoms with Gasteiger partial charge in [0.1, 0.15) is 0 Å². The fourth-order valence-electron chi connectivity index (χ4n) is 5.35. The largest absolute Gasteiger partial charge is 0.298 e. The molecule has 1 aliphatic heterocycles. The molecular formula is C26H34N6. The van der Waals surface area contributed by atoms with Crippen LogP contribution < -0.4 is 0 Å². The lowest BCUT2D eigenvalue weighted by atomic mass is 10.0. The van der Waals surface area contributed by atoms with Crippen molar-refractivity contribution in [1.82, 2.24) is 30.0 Å². The predicted molar refractivity (Wildman–Crippen MR) is 126 cm³/mol. The second-order valence-corrected chi connectivity index (χ2v) is 9.32. The molecule has 2 fully saturated rings. The summed E-state index contributed by atoms with van der Waals surface area (Å²) in [7, 11) is 0. The van der Waals surface area contributed by atoms with E-state index in [0.29, 0.717) is 0 Å². The number of rotatable bonds is 7. The quantitative estimate of drug-likeness (QED) is 0.569. The number of hydrogen-bond donors (Lipinski definition) is 0. The molecule has 5 rings (SSSR count). The zero-order chi connectivity index (χ0) is 21.8. The van der Waals surface area contributed by atoms with Crippen LogP contribution >= 0.6 is 0 Å². The van der Waals surface area contributed by atoms with Crippen molar-refractivity contribution in [3.8, 4) is 0 Å². The molecule has 0 bridgehead atoms. The first-order chi connectivity index (χ1) is 15.8. The monoisotopic (exact) mass is 430 g/mol. The van der Waals surface area contributed by atoms with Gasteiger partial charge in [0.25, 0.3) is 0 Å². The molecule has 168 valence electrons. The first-order valence-corrected chi connectivity index (χ1v) is 12.1. The number of tetrazole rings is 1. The van der Waals surface area contributed by atoms with E-state index >= 15 is 0 Å². The second kappa shape index (κ2) is 9.92. The van der Waals surface area contributed by atoms with Gasteiger partial charge in [0.05, 0.1) is 6.04 Å². The molecule has 1 atom stereocenters. The summed E-state index contributed by atoms with van der Waals surface area (Å²) >= 11 is 0. The molecule has 32 heavy (non-hydrogen) atoms. The molecule has 6 nitrogen and oxygen atoms in total.